The zero-order valence-electron chi connectivity index (χ0n) is 16.1. The molecule has 2 aliphatic rings. The van der Waals surface area contributed by atoms with Crippen molar-refractivity contribution in [3.63, 3.8) is 0 Å². The van der Waals surface area contributed by atoms with E-state index in [0.717, 1.165) is 22.4 Å². The van der Waals surface area contributed by atoms with Crippen LogP contribution in [0.15, 0.2) is 48.5 Å². The highest BCUT2D eigenvalue weighted by molar-refractivity contribution is 6.08. The van der Waals surface area contributed by atoms with Crippen LogP contribution in [0.4, 0.5) is 4.79 Å². The molecule has 29 heavy (non-hydrogen) atoms. The van der Waals surface area contributed by atoms with Crippen LogP contribution in [0, 0.1) is 0 Å². The van der Waals surface area contributed by atoms with Crippen molar-refractivity contribution in [2.75, 3.05) is 13.2 Å². The number of Topliss-reactive ketones (excluding diaryl/α,β-unsaturated/α-hetero) is 1. The van der Waals surface area contributed by atoms with E-state index in [4.69, 9.17) is 4.74 Å². The number of hydrogen-bond donors (Lipinski definition) is 2. The van der Waals surface area contributed by atoms with E-state index in [9.17, 15) is 19.5 Å². The SMILES string of the molecule is CC(=O)c1ccc(OC[C@H](O)CN2C(=O)N[C@]3(CCc4ccccc43)C2=O)cc1. The number of aliphatic hydroxyl groups excluding tert-OH is 1. The van der Waals surface area contributed by atoms with Crippen LogP contribution in [-0.2, 0) is 16.8 Å². The lowest BCUT2D eigenvalue weighted by atomic mass is 9.92. The third-order valence-electron chi connectivity index (χ3n) is 5.52. The van der Waals surface area contributed by atoms with Crippen LogP contribution in [-0.4, -0.2) is 47.0 Å². The molecule has 0 aromatic heterocycles. The highest BCUT2D eigenvalue weighted by Gasteiger charge is 2.55. The predicted octanol–water partition coefficient (Wildman–Crippen LogP) is 2.02. The first-order valence-electron chi connectivity index (χ1n) is 9.55. The lowest BCUT2D eigenvalue weighted by Crippen LogP contribution is -2.43. The molecule has 150 valence electrons. The number of aryl methyl sites for hydroxylation is 1. The zero-order chi connectivity index (χ0) is 20.6. The highest BCUT2D eigenvalue weighted by Crippen LogP contribution is 2.41. The summed E-state index contributed by atoms with van der Waals surface area (Å²) in [7, 11) is 0. The Morgan fingerprint density at radius 3 is 2.66 bits per heavy atom. The van der Waals surface area contributed by atoms with Gasteiger partial charge in [-0.2, -0.15) is 0 Å². The quantitative estimate of drug-likeness (QED) is 0.577. The van der Waals surface area contributed by atoms with Gasteiger partial charge in [0.05, 0.1) is 6.54 Å². The molecule has 2 N–H and O–H groups in total. The van der Waals surface area contributed by atoms with Crippen molar-refractivity contribution >= 4 is 17.7 Å². The molecule has 4 rings (SSSR count). The molecular formula is C22H22N2O5. The Balaban J connectivity index is 1.40. The number of imide groups is 1. The van der Waals surface area contributed by atoms with Crippen molar-refractivity contribution in [1.82, 2.24) is 10.2 Å². The molecular weight excluding hydrogens is 372 g/mol. The van der Waals surface area contributed by atoms with Crippen LogP contribution in [0.3, 0.4) is 0 Å². The number of carbonyl (C=O) groups is 3. The topological polar surface area (TPSA) is 95.9 Å². The van der Waals surface area contributed by atoms with Crippen LogP contribution < -0.4 is 10.1 Å². The molecule has 2 aromatic rings. The van der Waals surface area contributed by atoms with Crippen molar-refractivity contribution in [3.05, 3.63) is 65.2 Å². The molecule has 0 unspecified atom stereocenters. The molecule has 1 aliphatic carbocycles. The van der Waals surface area contributed by atoms with E-state index in [2.05, 4.69) is 5.32 Å². The van der Waals surface area contributed by atoms with Crippen molar-refractivity contribution in [2.45, 2.75) is 31.4 Å². The first-order valence-corrected chi connectivity index (χ1v) is 9.55. The van der Waals surface area contributed by atoms with E-state index in [0.29, 0.717) is 17.7 Å². The van der Waals surface area contributed by atoms with Gasteiger partial charge in [0.25, 0.3) is 5.91 Å². The van der Waals surface area contributed by atoms with Gasteiger partial charge in [-0.25, -0.2) is 4.79 Å². The van der Waals surface area contributed by atoms with Crippen LogP contribution in [0.5, 0.6) is 5.75 Å². The van der Waals surface area contributed by atoms with Gasteiger partial charge in [0.1, 0.15) is 24.0 Å². The molecule has 3 amide bonds. The third-order valence-corrected chi connectivity index (χ3v) is 5.52. The van der Waals surface area contributed by atoms with E-state index in [-0.39, 0.29) is 24.8 Å². The maximum atomic E-state index is 13.1. The number of urea groups is 1. The average Bonchev–Trinajstić information content (AvgIpc) is 3.20. The standard InChI is InChI=1S/C22H22N2O5/c1-14(25)15-6-8-18(9-7-15)29-13-17(26)12-24-20(27)22(23-21(24)28)11-10-16-4-2-3-5-19(16)22/h2-9,17,26H,10-13H2,1H3,(H,23,28)/t17-,22+/m1/s1. The fourth-order valence-corrected chi connectivity index (χ4v) is 4.00. The monoisotopic (exact) mass is 394 g/mol. The summed E-state index contributed by atoms with van der Waals surface area (Å²) in [4.78, 5) is 37.9. The minimum absolute atomic E-state index is 0.0439. The van der Waals surface area contributed by atoms with Gasteiger partial charge in [0.2, 0.25) is 0 Å². The fourth-order valence-electron chi connectivity index (χ4n) is 4.00. The summed E-state index contributed by atoms with van der Waals surface area (Å²) >= 11 is 0. The second-order valence-electron chi connectivity index (χ2n) is 7.45. The second-order valence-corrected chi connectivity index (χ2v) is 7.45. The number of ketones is 1. The van der Waals surface area contributed by atoms with Crippen molar-refractivity contribution < 1.29 is 24.2 Å². The predicted molar refractivity (Wildman–Crippen MR) is 105 cm³/mol. The van der Waals surface area contributed by atoms with Gasteiger partial charge in [-0.15, -0.1) is 0 Å². The van der Waals surface area contributed by atoms with Crippen LogP contribution in [0.2, 0.25) is 0 Å². The Morgan fingerprint density at radius 2 is 1.93 bits per heavy atom. The number of hydrogen-bond acceptors (Lipinski definition) is 5. The lowest BCUT2D eigenvalue weighted by Gasteiger charge is -2.23. The maximum Gasteiger partial charge on any atom is 0.325 e. The van der Waals surface area contributed by atoms with E-state index in [1.807, 2.05) is 24.3 Å². The third kappa shape index (κ3) is 3.38. The summed E-state index contributed by atoms with van der Waals surface area (Å²) in [6.45, 7) is 1.24. The van der Waals surface area contributed by atoms with Crippen LogP contribution in [0.1, 0.15) is 34.8 Å². The van der Waals surface area contributed by atoms with Crippen molar-refractivity contribution in [2.24, 2.45) is 0 Å². The zero-order valence-corrected chi connectivity index (χ0v) is 16.1. The largest absolute Gasteiger partial charge is 0.491 e. The van der Waals surface area contributed by atoms with Crippen molar-refractivity contribution in [3.8, 4) is 5.75 Å². The molecule has 1 heterocycles. The fraction of sp³-hybridized carbons (Fsp3) is 0.318. The molecule has 2 aromatic carbocycles. The molecule has 7 heteroatoms. The Kier molecular flexibility index (Phi) is 4.84. The molecule has 7 nitrogen and oxygen atoms in total. The molecule has 1 spiro atoms. The van der Waals surface area contributed by atoms with E-state index in [1.165, 1.54) is 6.92 Å². The Bertz CT molecular complexity index is 971. The molecule has 0 saturated carbocycles. The molecule has 0 bridgehead atoms. The molecule has 1 aliphatic heterocycles. The van der Waals surface area contributed by atoms with Gasteiger partial charge in [0, 0.05) is 5.56 Å². The van der Waals surface area contributed by atoms with Crippen LogP contribution in [0.25, 0.3) is 0 Å². The summed E-state index contributed by atoms with van der Waals surface area (Å²) in [5, 5.41) is 13.2. The van der Waals surface area contributed by atoms with Gasteiger partial charge in [-0.1, -0.05) is 24.3 Å². The highest BCUT2D eigenvalue weighted by atomic mass is 16.5. The van der Waals surface area contributed by atoms with Gasteiger partial charge in [-0.3, -0.25) is 14.5 Å². The smallest absolute Gasteiger partial charge is 0.325 e. The summed E-state index contributed by atoms with van der Waals surface area (Å²) in [5.74, 6) is 0.113. The number of amides is 3. The maximum absolute atomic E-state index is 13.1. The summed E-state index contributed by atoms with van der Waals surface area (Å²) < 4.78 is 5.53. The minimum Gasteiger partial charge on any atom is -0.491 e. The number of nitrogens with zero attached hydrogens (tertiary/aromatic N) is 1. The van der Waals surface area contributed by atoms with Crippen LogP contribution >= 0.6 is 0 Å². The first kappa shape index (κ1) is 19.1. The molecule has 0 radical (unpaired) electrons. The normalized spacial score (nSPS) is 21.2. The number of ether oxygens (including phenoxy) is 1. The molecule has 1 saturated heterocycles. The number of rotatable bonds is 6. The van der Waals surface area contributed by atoms with E-state index >= 15 is 0 Å². The number of β-amino-alcohol motifs (C(OH)–C–C–N with tert-alkyl or cyclic N) is 1. The number of nitrogens with one attached hydrogen (secondary N) is 1. The number of fused-ring (bicyclic) bond motifs is 2. The lowest BCUT2D eigenvalue weighted by molar-refractivity contribution is -0.132. The molecule has 1 fully saturated rings. The molecule has 2 atom stereocenters. The Morgan fingerprint density at radius 1 is 1.21 bits per heavy atom. The van der Waals surface area contributed by atoms with Gasteiger partial charge in [-0.05, 0) is 55.2 Å². The van der Waals surface area contributed by atoms with E-state index < -0.39 is 17.7 Å². The first-order chi connectivity index (χ1) is 13.9. The Labute approximate surface area is 168 Å². The number of benzene rings is 2. The van der Waals surface area contributed by atoms with Gasteiger partial charge in [0.15, 0.2) is 5.78 Å². The summed E-state index contributed by atoms with van der Waals surface area (Å²) in [5.41, 5.74) is 1.42. The average molecular weight is 394 g/mol. The Hall–Kier alpha value is -3.19. The van der Waals surface area contributed by atoms with Gasteiger partial charge < -0.3 is 15.2 Å². The van der Waals surface area contributed by atoms with Crippen molar-refractivity contribution in [1.29, 1.82) is 0 Å². The summed E-state index contributed by atoms with van der Waals surface area (Å²) in [6, 6.07) is 13.7. The van der Waals surface area contributed by atoms with E-state index in [1.54, 1.807) is 24.3 Å². The summed E-state index contributed by atoms with van der Waals surface area (Å²) in [6.07, 6.45) is 0.199. The number of carbonyl (C=O) groups excluding carboxylic acids is 3. The van der Waals surface area contributed by atoms with Gasteiger partial charge >= 0.3 is 6.03 Å². The number of aliphatic hydroxyl groups is 1. The minimum atomic E-state index is -1.04. The second kappa shape index (κ2) is 7.33.